The van der Waals surface area contributed by atoms with Crippen LogP contribution in [0.5, 0.6) is 11.5 Å². The third-order valence-electron chi connectivity index (χ3n) is 3.44. The first kappa shape index (κ1) is 16.7. The smallest absolute Gasteiger partial charge is 0.291 e. The van der Waals surface area contributed by atoms with Gasteiger partial charge in [-0.3, -0.25) is 4.79 Å². The molecule has 5 nitrogen and oxygen atoms in total. The maximum absolute atomic E-state index is 12.5. The van der Waals surface area contributed by atoms with E-state index < -0.39 is 5.91 Å². The average Bonchev–Trinajstić information content (AvgIpc) is 3.01. The normalized spacial score (nSPS) is 10.7. The number of fused-ring (bicyclic) bond motifs is 1. The zero-order chi connectivity index (χ0) is 17.3. The largest absolute Gasteiger partial charge is 0.495 e. The van der Waals surface area contributed by atoms with Crippen molar-refractivity contribution in [3.05, 3.63) is 51.7 Å². The fourth-order valence-electron chi connectivity index (χ4n) is 2.28. The number of para-hydroxylation sites is 1. The molecule has 2 aromatic carbocycles. The molecule has 0 aliphatic heterocycles. The molecule has 24 heavy (non-hydrogen) atoms. The molecule has 0 radical (unpaired) electrons. The second-order valence-corrected chi connectivity index (χ2v) is 6.17. The van der Waals surface area contributed by atoms with E-state index in [1.165, 1.54) is 14.2 Å². The highest BCUT2D eigenvalue weighted by atomic mass is 79.9. The zero-order valence-corrected chi connectivity index (χ0v) is 15.2. The minimum absolute atomic E-state index is 0.188. The summed E-state index contributed by atoms with van der Waals surface area (Å²) < 4.78 is 16.8. The number of nitrogens with one attached hydrogen (secondary N) is 1. The molecule has 1 amide bonds. The van der Waals surface area contributed by atoms with E-state index in [1.54, 1.807) is 18.2 Å². The molecule has 1 aromatic heterocycles. The van der Waals surface area contributed by atoms with E-state index in [2.05, 4.69) is 21.2 Å². The Kier molecular flexibility index (Phi) is 4.69. The van der Waals surface area contributed by atoms with E-state index >= 15 is 0 Å². The summed E-state index contributed by atoms with van der Waals surface area (Å²) in [5.74, 6) is 0.639. The summed E-state index contributed by atoms with van der Waals surface area (Å²) in [6.45, 7) is 0. The SMILES string of the molecule is COc1cc(NC(=O)c2cc3cccc(Br)c3o2)c(OC)cc1Cl. The summed E-state index contributed by atoms with van der Waals surface area (Å²) in [4.78, 5) is 12.5. The van der Waals surface area contributed by atoms with E-state index in [0.29, 0.717) is 27.8 Å². The summed E-state index contributed by atoms with van der Waals surface area (Å²) in [6, 6.07) is 10.4. The number of rotatable bonds is 4. The topological polar surface area (TPSA) is 60.7 Å². The number of carbonyl (C=O) groups excluding carboxylic acids is 1. The lowest BCUT2D eigenvalue weighted by atomic mass is 10.2. The van der Waals surface area contributed by atoms with E-state index in [4.69, 9.17) is 25.5 Å². The monoisotopic (exact) mass is 409 g/mol. The molecule has 0 spiro atoms. The van der Waals surface area contributed by atoms with Gasteiger partial charge in [-0.05, 0) is 28.1 Å². The number of halogens is 2. The lowest BCUT2D eigenvalue weighted by molar-refractivity contribution is 0.0998. The Labute approximate surface area is 151 Å². The molecule has 0 atom stereocenters. The summed E-state index contributed by atoms with van der Waals surface area (Å²) in [6.07, 6.45) is 0. The molecule has 0 aliphatic carbocycles. The van der Waals surface area contributed by atoms with Crippen LogP contribution < -0.4 is 14.8 Å². The number of ether oxygens (including phenoxy) is 2. The van der Waals surface area contributed by atoms with Gasteiger partial charge in [0.15, 0.2) is 5.76 Å². The lowest BCUT2D eigenvalue weighted by Crippen LogP contribution is -2.12. The van der Waals surface area contributed by atoms with Crippen LogP contribution in [0.2, 0.25) is 5.02 Å². The average molecular weight is 411 g/mol. The molecule has 0 saturated carbocycles. The van der Waals surface area contributed by atoms with Gasteiger partial charge in [-0.1, -0.05) is 23.7 Å². The fraction of sp³-hybridized carbons (Fsp3) is 0.118. The molecule has 7 heteroatoms. The minimum Gasteiger partial charge on any atom is -0.495 e. The highest BCUT2D eigenvalue weighted by molar-refractivity contribution is 9.10. The van der Waals surface area contributed by atoms with Gasteiger partial charge >= 0.3 is 0 Å². The maximum atomic E-state index is 12.5. The van der Waals surface area contributed by atoms with Crippen LogP contribution in [0.4, 0.5) is 5.69 Å². The Morgan fingerprint density at radius 1 is 1.17 bits per heavy atom. The predicted octanol–water partition coefficient (Wildman–Crippen LogP) is 5.12. The van der Waals surface area contributed by atoms with E-state index in [-0.39, 0.29) is 5.76 Å². The van der Waals surface area contributed by atoms with Crippen molar-refractivity contribution >= 4 is 50.1 Å². The van der Waals surface area contributed by atoms with Crippen LogP contribution in [0.1, 0.15) is 10.6 Å². The summed E-state index contributed by atoms with van der Waals surface area (Å²) in [7, 11) is 2.99. The number of anilines is 1. The summed E-state index contributed by atoms with van der Waals surface area (Å²) in [5.41, 5.74) is 1.05. The van der Waals surface area contributed by atoms with Crippen LogP contribution in [0.15, 0.2) is 45.3 Å². The third kappa shape index (κ3) is 3.07. The summed E-state index contributed by atoms with van der Waals surface area (Å²) in [5, 5.41) is 3.97. The van der Waals surface area contributed by atoms with Crippen molar-refractivity contribution in [3.8, 4) is 11.5 Å². The fourth-order valence-corrected chi connectivity index (χ4v) is 2.97. The first-order valence-corrected chi connectivity index (χ1v) is 8.11. The zero-order valence-electron chi connectivity index (χ0n) is 12.9. The predicted molar refractivity (Wildman–Crippen MR) is 96.4 cm³/mol. The number of methoxy groups -OCH3 is 2. The quantitative estimate of drug-likeness (QED) is 0.648. The molecule has 1 N–H and O–H groups in total. The highest BCUT2D eigenvalue weighted by Gasteiger charge is 2.17. The number of benzene rings is 2. The van der Waals surface area contributed by atoms with Crippen molar-refractivity contribution in [3.63, 3.8) is 0 Å². The Hall–Kier alpha value is -2.18. The number of amides is 1. The van der Waals surface area contributed by atoms with Crippen LogP contribution in [0, 0.1) is 0 Å². The van der Waals surface area contributed by atoms with Crippen molar-refractivity contribution in [1.29, 1.82) is 0 Å². The molecular formula is C17H13BrClNO4. The number of hydrogen-bond acceptors (Lipinski definition) is 4. The standard InChI is InChI=1S/C17H13BrClNO4/c1-22-13-8-12(14(23-2)7-11(13)19)20-17(21)15-6-9-4-3-5-10(18)16(9)24-15/h3-8H,1-2H3,(H,20,21). The van der Waals surface area contributed by atoms with Crippen LogP contribution in [-0.2, 0) is 0 Å². The van der Waals surface area contributed by atoms with E-state index in [9.17, 15) is 4.79 Å². The van der Waals surface area contributed by atoms with Gasteiger partial charge in [-0.15, -0.1) is 0 Å². The van der Waals surface area contributed by atoms with Crippen LogP contribution in [0.3, 0.4) is 0 Å². The molecule has 124 valence electrons. The summed E-state index contributed by atoms with van der Waals surface area (Å²) >= 11 is 9.46. The number of carbonyl (C=O) groups is 1. The van der Waals surface area contributed by atoms with Crippen molar-refractivity contribution < 1.29 is 18.7 Å². The second-order valence-electron chi connectivity index (χ2n) is 4.91. The Balaban J connectivity index is 1.95. The van der Waals surface area contributed by atoms with Crippen LogP contribution >= 0.6 is 27.5 Å². The van der Waals surface area contributed by atoms with Gasteiger partial charge in [0.05, 0.1) is 29.4 Å². The minimum atomic E-state index is -0.402. The Morgan fingerprint density at radius 3 is 2.58 bits per heavy atom. The molecule has 3 aromatic rings. The van der Waals surface area contributed by atoms with Gasteiger partial charge in [0.25, 0.3) is 5.91 Å². The van der Waals surface area contributed by atoms with Crippen molar-refractivity contribution in [2.24, 2.45) is 0 Å². The van der Waals surface area contributed by atoms with Crippen molar-refractivity contribution in [1.82, 2.24) is 0 Å². The third-order valence-corrected chi connectivity index (χ3v) is 4.36. The van der Waals surface area contributed by atoms with Gasteiger partial charge in [0.1, 0.15) is 17.1 Å². The number of hydrogen-bond donors (Lipinski definition) is 1. The molecule has 0 aliphatic rings. The molecule has 0 fully saturated rings. The molecule has 1 heterocycles. The van der Waals surface area contributed by atoms with Gasteiger partial charge in [-0.25, -0.2) is 0 Å². The van der Waals surface area contributed by atoms with Crippen LogP contribution in [-0.4, -0.2) is 20.1 Å². The molecule has 3 rings (SSSR count). The Bertz CT molecular complexity index is 922. The van der Waals surface area contributed by atoms with Gasteiger partial charge < -0.3 is 19.2 Å². The van der Waals surface area contributed by atoms with Gasteiger partial charge in [0.2, 0.25) is 0 Å². The first-order valence-electron chi connectivity index (χ1n) is 6.94. The molecule has 0 unspecified atom stereocenters. The Morgan fingerprint density at radius 2 is 1.92 bits per heavy atom. The highest BCUT2D eigenvalue weighted by Crippen LogP contribution is 2.36. The molecule has 0 bridgehead atoms. The van der Waals surface area contributed by atoms with Crippen molar-refractivity contribution in [2.45, 2.75) is 0 Å². The van der Waals surface area contributed by atoms with Crippen molar-refractivity contribution in [2.75, 3.05) is 19.5 Å². The maximum Gasteiger partial charge on any atom is 0.291 e. The first-order chi connectivity index (χ1) is 11.5. The van der Waals surface area contributed by atoms with E-state index in [1.807, 2.05) is 18.2 Å². The van der Waals surface area contributed by atoms with Gasteiger partial charge in [0, 0.05) is 17.5 Å². The molecular weight excluding hydrogens is 398 g/mol. The lowest BCUT2D eigenvalue weighted by Gasteiger charge is -2.12. The molecule has 0 saturated heterocycles. The van der Waals surface area contributed by atoms with Crippen LogP contribution in [0.25, 0.3) is 11.0 Å². The second kappa shape index (κ2) is 6.75. The van der Waals surface area contributed by atoms with Gasteiger partial charge in [-0.2, -0.15) is 0 Å². The number of furan rings is 1. The van der Waals surface area contributed by atoms with E-state index in [0.717, 1.165) is 9.86 Å².